The SMILES string of the molecule is CCCC/C=C\CCCCCCCC(=O)O[C@H](COC(=O)CCCCCCC/C=C\C/C=C\CCCCC)COC(=O)CCCCCCCCCCC/C=C\CCCCCCCC. The summed E-state index contributed by atoms with van der Waals surface area (Å²) in [5.41, 5.74) is 0. The van der Waals surface area contributed by atoms with E-state index in [4.69, 9.17) is 14.2 Å². The first kappa shape index (κ1) is 60.4. The molecule has 0 radical (unpaired) electrons. The molecular weight excluding hydrogens is 781 g/mol. The van der Waals surface area contributed by atoms with Crippen LogP contribution in [0.5, 0.6) is 0 Å². The Bertz CT molecular complexity index is 1110. The molecule has 0 aliphatic heterocycles. The molecule has 0 saturated heterocycles. The zero-order valence-corrected chi connectivity index (χ0v) is 41.8. The van der Waals surface area contributed by atoms with Crippen LogP contribution in [0.4, 0.5) is 0 Å². The predicted octanol–water partition coefficient (Wildman–Crippen LogP) is 17.9. The first-order valence-electron chi connectivity index (χ1n) is 27.1. The molecule has 0 spiro atoms. The number of allylic oxidation sites excluding steroid dienone is 8. The number of hydrogen-bond acceptors (Lipinski definition) is 6. The maximum absolute atomic E-state index is 12.8. The van der Waals surface area contributed by atoms with Crippen LogP contribution in [0.2, 0.25) is 0 Å². The van der Waals surface area contributed by atoms with E-state index in [0.717, 1.165) is 89.9 Å². The van der Waals surface area contributed by atoms with Crippen LogP contribution in [0.3, 0.4) is 0 Å². The zero-order chi connectivity index (χ0) is 45.8. The third kappa shape index (κ3) is 50.2. The van der Waals surface area contributed by atoms with Gasteiger partial charge in [0.25, 0.3) is 0 Å². The predicted molar refractivity (Wildman–Crippen MR) is 270 cm³/mol. The van der Waals surface area contributed by atoms with Gasteiger partial charge in [0.05, 0.1) is 0 Å². The minimum absolute atomic E-state index is 0.0811. The standard InChI is InChI=1S/C57H102O6/c1-4-7-10-13-16-19-22-24-26-27-28-29-31-33-36-38-41-44-47-50-56(59)62-53-54(63-57(60)51-48-45-42-39-34-21-18-15-12-9-6-3)52-61-55(58)49-46-43-40-37-35-32-30-25-23-20-17-14-11-8-5-2/h15,17-18,20,24-26,30,54H,4-14,16,19,21-23,27-29,31-53H2,1-3H3/b18-15-,20-17-,26-24-,30-25-/t54-/m1/s1. The third-order valence-corrected chi connectivity index (χ3v) is 11.8. The maximum atomic E-state index is 12.8. The molecule has 366 valence electrons. The summed E-state index contributed by atoms with van der Waals surface area (Å²) in [5, 5.41) is 0. The van der Waals surface area contributed by atoms with E-state index >= 15 is 0 Å². The van der Waals surface area contributed by atoms with E-state index in [1.807, 2.05) is 0 Å². The Morgan fingerprint density at radius 3 is 0.968 bits per heavy atom. The van der Waals surface area contributed by atoms with Crippen molar-refractivity contribution in [2.75, 3.05) is 13.2 Å². The summed E-state index contributed by atoms with van der Waals surface area (Å²) < 4.78 is 16.8. The largest absolute Gasteiger partial charge is 0.462 e. The highest BCUT2D eigenvalue weighted by Crippen LogP contribution is 2.15. The van der Waals surface area contributed by atoms with Gasteiger partial charge in [-0.2, -0.15) is 0 Å². The second kappa shape index (κ2) is 52.0. The molecule has 6 heteroatoms. The summed E-state index contributed by atoms with van der Waals surface area (Å²) in [6.45, 7) is 6.57. The number of hydrogen-bond donors (Lipinski definition) is 0. The van der Waals surface area contributed by atoms with Crippen LogP contribution in [-0.4, -0.2) is 37.2 Å². The lowest BCUT2D eigenvalue weighted by Gasteiger charge is -2.18. The van der Waals surface area contributed by atoms with Gasteiger partial charge in [-0.3, -0.25) is 14.4 Å². The summed E-state index contributed by atoms with van der Waals surface area (Å²) in [6.07, 6.45) is 62.4. The van der Waals surface area contributed by atoms with Gasteiger partial charge < -0.3 is 14.2 Å². The van der Waals surface area contributed by atoms with Gasteiger partial charge in [-0.05, 0) is 96.3 Å². The van der Waals surface area contributed by atoms with Gasteiger partial charge in [0.15, 0.2) is 6.10 Å². The van der Waals surface area contributed by atoms with Crippen LogP contribution in [0.25, 0.3) is 0 Å². The summed E-state index contributed by atoms with van der Waals surface area (Å²) in [7, 11) is 0. The number of unbranched alkanes of at least 4 members (excludes halogenated alkanes) is 30. The first-order chi connectivity index (χ1) is 31.0. The van der Waals surface area contributed by atoms with Crippen LogP contribution in [0.15, 0.2) is 48.6 Å². The van der Waals surface area contributed by atoms with Crippen LogP contribution in [0.1, 0.15) is 278 Å². The van der Waals surface area contributed by atoms with E-state index in [9.17, 15) is 14.4 Å². The summed E-state index contributed by atoms with van der Waals surface area (Å²) in [4.78, 5) is 38.0. The number of carbonyl (C=O) groups excluding carboxylic acids is 3. The van der Waals surface area contributed by atoms with Crippen LogP contribution in [0, 0.1) is 0 Å². The maximum Gasteiger partial charge on any atom is 0.306 e. The highest BCUT2D eigenvalue weighted by Gasteiger charge is 2.19. The lowest BCUT2D eigenvalue weighted by Crippen LogP contribution is -2.30. The molecule has 0 unspecified atom stereocenters. The van der Waals surface area contributed by atoms with E-state index in [-0.39, 0.29) is 31.1 Å². The Morgan fingerprint density at radius 1 is 0.317 bits per heavy atom. The molecule has 0 amide bonds. The first-order valence-corrected chi connectivity index (χ1v) is 27.1. The molecule has 0 heterocycles. The second-order valence-corrected chi connectivity index (χ2v) is 18.1. The van der Waals surface area contributed by atoms with Crippen molar-refractivity contribution in [2.24, 2.45) is 0 Å². The van der Waals surface area contributed by atoms with Gasteiger partial charge in [0.2, 0.25) is 0 Å². The van der Waals surface area contributed by atoms with E-state index in [0.29, 0.717) is 19.3 Å². The van der Waals surface area contributed by atoms with Crippen LogP contribution in [-0.2, 0) is 28.6 Å². The van der Waals surface area contributed by atoms with Gasteiger partial charge in [-0.1, -0.05) is 211 Å². The van der Waals surface area contributed by atoms with E-state index in [2.05, 4.69) is 69.4 Å². The average Bonchev–Trinajstić information content (AvgIpc) is 3.28. The Morgan fingerprint density at radius 2 is 0.587 bits per heavy atom. The molecule has 0 aromatic heterocycles. The summed E-state index contributed by atoms with van der Waals surface area (Å²) in [5.74, 6) is -0.899. The van der Waals surface area contributed by atoms with Crippen molar-refractivity contribution in [1.82, 2.24) is 0 Å². The van der Waals surface area contributed by atoms with Crippen molar-refractivity contribution >= 4 is 17.9 Å². The molecule has 0 saturated carbocycles. The molecule has 0 aromatic carbocycles. The summed E-state index contributed by atoms with van der Waals surface area (Å²) >= 11 is 0. The number of ether oxygens (including phenoxy) is 3. The van der Waals surface area contributed by atoms with Crippen molar-refractivity contribution in [1.29, 1.82) is 0 Å². The molecule has 0 aromatic rings. The minimum Gasteiger partial charge on any atom is -0.462 e. The van der Waals surface area contributed by atoms with E-state index in [1.54, 1.807) is 0 Å². The Hall–Kier alpha value is -2.63. The van der Waals surface area contributed by atoms with E-state index in [1.165, 1.54) is 148 Å². The smallest absolute Gasteiger partial charge is 0.306 e. The van der Waals surface area contributed by atoms with Crippen molar-refractivity contribution in [3.8, 4) is 0 Å². The molecule has 1 atom stereocenters. The lowest BCUT2D eigenvalue weighted by atomic mass is 10.1. The fourth-order valence-electron chi connectivity index (χ4n) is 7.62. The molecular formula is C57H102O6. The van der Waals surface area contributed by atoms with Crippen LogP contribution >= 0.6 is 0 Å². The van der Waals surface area contributed by atoms with Crippen molar-refractivity contribution < 1.29 is 28.6 Å². The normalized spacial score (nSPS) is 12.4. The average molecular weight is 883 g/mol. The number of esters is 3. The van der Waals surface area contributed by atoms with Crippen molar-refractivity contribution in [3.05, 3.63) is 48.6 Å². The molecule has 0 fully saturated rings. The van der Waals surface area contributed by atoms with E-state index < -0.39 is 6.10 Å². The topological polar surface area (TPSA) is 78.9 Å². The highest BCUT2D eigenvalue weighted by atomic mass is 16.6. The Labute approximate surface area is 390 Å². The van der Waals surface area contributed by atoms with Gasteiger partial charge in [-0.15, -0.1) is 0 Å². The molecule has 0 N–H and O–H groups in total. The molecule has 0 aliphatic carbocycles. The van der Waals surface area contributed by atoms with Crippen molar-refractivity contribution in [2.45, 2.75) is 284 Å². The molecule has 0 bridgehead atoms. The fraction of sp³-hybridized carbons (Fsp3) is 0.807. The summed E-state index contributed by atoms with van der Waals surface area (Å²) in [6, 6.07) is 0. The number of carbonyl (C=O) groups is 3. The Kier molecular flexibility index (Phi) is 49.8. The quantitative estimate of drug-likeness (QED) is 0.0262. The highest BCUT2D eigenvalue weighted by molar-refractivity contribution is 5.71. The molecule has 63 heavy (non-hydrogen) atoms. The Balaban J connectivity index is 4.32. The third-order valence-electron chi connectivity index (χ3n) is 11.8. The fourth-order valence-corrected chi connectivity index (χ4v) is 7.62. The monoisotopic (exact) mass is 883 g/mol. The molecule has 0 rings (SSSR count). The molecule has 6 nitrogen and oxygen atoms in total. The van der Waals surface area contributed by atoms with Gasteiger partial charge >= 0.3 is 17.9 Å². The van der Waals surface area contributed by atoms with Gasteiger partial charge in [-0.25, -0.2) is 0 Å². The van der Waals surface area contributed by atoms with Gasteiger partial charge in [0, 0.05) is 19.3 Å². The van der Waals surface area contributed by atoms with Crippen LogP contribution < -0.4 is 0 Å². The minimum atomic E-state index is -0.782. The zero-order valence-electron chi connectivity index (χ0n) is 41.8. The van der Waals surface area contributed by atoms with Crippen molar-refractivity contribution in [3.63, 3.8) is 0 Å². The molecule has 0 aliphatic rings. The number of rotatable bonds is 49. The second-order valence-electron chi connectivity index (χ2n) is 18.1. The van der Waals surface area contributed by atoms with Gasteiger partial charge in [0.1, 0.15) is 13.2 Å². The lowest BCUT2D eigenvalue weighted by molar-refractivity contribution is -0.167.